The molecule has 7 heteroatoms. The van der Waals surface area contributed by atoms with Gasteiger partial charge in [0.15, 0.2) is 0 Å². The van der Waals surface area contributed by atoms with E-state index in [4.69, 9.17) is 10.2 Å². The number of carboxylic acids is 2. The van der Waals surface area contributed by atoms with Gasteiger partial charge >= 0.3 is 11.9 Å². The summed E-state index contributed by atoms with van der Waals surface area (Å²) >= 11 is 1.50. The lowest BCUT2D eigenvalue weighted by Gasteiger charge is -2.24. The van der Waals surface area contributed by atoms with Crippen molar-refractivity contribution in [1.82, 2.24) is 4.90 Å². The minimum Gasteiger partial charge on any atom is -0.481 e. The Morgan fingerprint density at radius 3 is 2.59 bits per heavy atom. The van der Waals surface area contributed by atoms with Crippen LogP contribution >= 0.6 is 11.8 Å². The fourth-order valence-electron chi connectivity index (χ4n) is 1.84. The molecule has 0 saturated carbocycles. The molecule has 2 atom stereocenters. The number of hydrogen-bond acceptors (Lipinski definition) is 4. The maximum absolute atomic E-state index is 11.6. The average Bonchev–Trinajstić information content (AvgIpc) is 2.61. The van der Waals surface area contributed by atoms with E-state index in [0.29, 0.717) is 12.2 Å². The third-order valence-corrected chi connectivity index (χ3v) is 3.41. The highest BCUT2D eigenvalue weighted by Gasteiger charge is 2.40. The highest BCUT2D eigenvalue weighted by atomic mass is 32.2. The fraction of sp³-hybridized carbons (Fsp3) is 0.700. The summed E-state index contributed by atoms with van der Waals surface area (Å²) in [6.45, 7) is -0.000482. The van der Waals surface area contributed by atoms with E-state index >= 15 is 0 Å². The third-order valence-electron chi connectivity index (χ3n) is 2.76. The van der Waals surface area contributed by atoms with E-state index in [-0.39, 0.29) is 18.9 Å². The molecule has 1 fully saturated rings. The Kier molecular flexibility index (Phi) is 4.80. The molecule has 0 spiro atoms. The van der Waals surface area contributed by atoms with E-state index in [1.807, 2.05) is 6.26 Å². The van der Waals surface area contributed by atoms with Crippen molar-refractivity contribution in [2.75, 3.05) is 18.6 Å². The Morgan fingerprint density at radius 2 is 2.18 bits per heavy atom. The second-order valence-electron chi connectivity index (χ2n) is 3.92. The predicted octanol–water partition coefficient (Wildman–Crippen LogP) is 0.126. The van der Waals surface area contributed by atoms with Crippen molar-refractivity contribution in [2.45, 2.75) is 18.9 Å². The largest absolute Gasteiger partial charge is 0.481 e. The Hall–Kier alpha value is -1.24. The Bertz CT molecular complexity index is 333. The number of amides is 1. The van der Waals surface area contributed by atoms with Crippen LogP contribution in [0.5, 0.6) is 0 Å². The molecule has 0 aromatic rings. The Morgan fingerprint density at radius 1 is 1.53 bits per heavy atom. The van der Waals surface area contributed by atoms with Gasteiger partial charge in [-0.15, -0.1) is 0 Å². The lowest BCUT2D eigenvalue weighted by atomic mass is 10.1. The summed E-state index contributed by atoms with van der Waals surface area (Å²) in [6.07, 6.45) is 2.09. The zero-order valence-electron chi connectivity index (χ0n) is 9.46. The van der Waals surface area contributed by atoms with Gasteiger partial charge in [0.2, 0.25) is 5.91 Å². The van der Waals surface area contributed by atoms with Gasteiger partial charge in [0, 0.05) is 13.0 Å². The number of carbonyl (C=O) groups is 3. The number of carbonyl (C=O) groups excluding carboxylic acids is 1. The van der Waals surface area contributed by atoms with Crippen molar-refractivity contribution in [3.63, 3.8) is 0 Å². The maximum atomic E-state index is 11.6. The lowest BCUT2D eigenvalue weighted by Crippen LogP contribution is -2.42. The SMILES string of the molecule is CSCC[C@@H](C(=O)O)N1CC(C(=O)O)CC1=O. The van der Waals surface area contributed by atoms with E-state index < -0.39 is 23.9 Å². The molecule has 0 radical (unpaired) electrons. The quantitative estimate of drug-likeness (QED) is 0.705. The van der Waals surface area contributed by atoms with Gasteiger partial charge in [0.25, 0.3) is 0 Å². The van der Waals surface area contributed by atoms with E-state index in [9.17, 15) is 14.4 Å². The molecule has 1 rings (SSSR count). The van der Waals surface area contributed by atoms with E-state index in [2.05, 4.69) is 0 Å². The third kappa shape index (κ3) is 3.36. The second kappa shape index (κ2) is 5.90. The van der Waals surface area contributed by atoms with Gasteiger partial charge in [0.05, 0.1) is 5.92 Å². The van der Waals surface area contributed by atoms with Crippen molar-refractivity contribution in [3.05, 3.63) is 0 Å². The number of rotatable bonds is 6. The standard InChI is InChI=1S/C10H15NO5S/c1-17-3-2-7(10(15)16)11-5-6(9(13)14)4-8(11)12/h6-7H,2-5H2,1H3,(H,13,14)(H,15,16)/t6?,7-/m0/s1. The van der Waals surface area contributed by atoms with Crippen LogP contribution in [0.25, 0.3) is 0 Å². The van der Waals surface area contributed by atoms with Gasteiger partial charge in [-0.25, -0.2) is 4.79 Å². The van der Waals surface area contributed by atoms with Crippen LogP contribution in [0.2, 0.25) is 0 Å². The van der Waals surface area contributed by atoms with E-state index in [0.717, 1.165) is 0 Å². The van der Waals surface area contributed by atoms with Gasteiger partial charge in [-0.05, 0) is 18.4 Å². The zero-order valence-corrected chi connectivity index (χ0v) is 10.3. The summed E-state index contributed by atoms with van der Waals surface area (Å²) in [5, 5.41) is 17.9. The summed E-state index contributed by atoms with van der Waals surface area (Å²) in [4.78, 5) is 34.6. The monoisotopic (exact) mass is 261 g/mol. The highest BCUT2D eigenvalue weighted by molar-refractivity contribution is 7.98. The average molecular weight is 261 g/mol. The lowest BCUT2D eigenvalue weighted by molar-refractivity contribution is -0.148. The molecule has 96 valence electrons. The number of hydrogen-bond donors (Lipinski definition) is 2. The fourth-order valence-corrected chi connectivity index (χ4v) is 2.30. The summed E-state index contributed by atoms with van der Waals surface area (Å²) in [6, 6.07) is -0.903. The number of thioether (sulfide) groups is 1. The molecule has 6 nitrogen and oxygen atoms in total. The van der Waals surface area contributed by atoms with E-state index in [1.165, 1.54) is 16.7 Å². The Balaban J connectivity index is 2.71. The van der Waals surface area contributed by atoms with Crippen LogP contribution in [-0.4, -0.2) is 57.6 Å². The predicted molar refractivity (Wildman–Crippen MR) is 61.9 cm³/mol. The summed E-state index contributed by atoms with van der Waals surface area (Å²) in [5.74, 6) is -2.66. The van der Waals surface area contributed by atoms with Crippen LogP contribution in [0, 0.1) is 5.92 Å². The molecule has 1 aliphatic rings. The van der Waals surface area contributed by atoms with Crippen LogP contribution < -0.4 is 0 Å². The van der Waals surface area contributed by atoms with Gasteiger partial charge in [0.1, 0.15) is 6.04 Å². The number of aliphatic carboxylic acids is 2. The van der Waals surface area contributed by atoms with Crippen molar-refractivity contribution < 1.29 is 24.6 Å². The molecule has 0 bridgehead atoms. The maximum Gasteiger partial charge on any atom is 0.326 e. The van der Waals surface area contributed by atoms with Crippen molar-refractivity contribution >= 4 is 29.6 Å². The highest BCUT2D eigenvalue weighted by Crippen LogP contribution is 2.22. The first-order valence-corrected chi connectivity index (χ1v) is 6.60. The van der Waals surface area contributed by atoms with Crippen LogP contribution in [0.3, 0.4) is 0 Å². The van der Waals surface area contributed by atoms with Crippen LogP contribution in [0.4, 0.5) is 0 Å². The first-order chi connectivity index (χ1) is 7.97. The van der Waals surface area contributed by atoms with Crippen molar-refractivity contribution in [1.29, 1.82) is 0 Å². The summed E-state index contributed by atoms with van der Waals surface area (Å²) < 4.78 is 0. The van der Waals surface area contributed by atoms with Crippen molar-refractivity contribution in [3.8, 4) is 0 Å². The molecule has 0 aromatic heterocycles. The zero-order chi connectivity index (χ0) is 13.0. The smallest absolute Gasteiger partial charge is 0.326 e. The topological polar surface area (TPSA) is 94.9 Å². The van der Waals surface area contributed by atoms with Crippen LogP contribution in [0.15, 0.2) is 0 Å². The minimum atomic E-state index is -1.07. The summed E-state index contributed by atoms with van der Waals surface area (Å²) in [5.41, 5.74) is 0. The first kappa shape index (κ1) is 13.8. The molecule has 2 N–H and O–H groups in total. The van der Waals surface area contributed by atoms with Crippen LogP contribution in [-0.2, 0) is 14.4 Å². The molecule has 1 heterocycles. The van der Waals surface area contributed by atoms with Gasteiger partial charge < -0.3 is 15.1 Å². The molecule has 1 aliphatic heterocycles. The second-order valence-corrected chi connectivity index (χ2v) is 4.91. The minimum absolute atomic E-state index is 0.000482. The molecule has 17 heavy (non-hydrogen) atoms. The molecule has 1 unspecified atom stereocenters. The van der Waals surface area contributed by atoms with E-state index in [1.54, 1.807) is 0 Å². The molecular weight excluding hydrogens is 246 g/mol. The number of nitrogens with zero attached hydrogens (tertiary/aromatic N) is 1. The van der Waals surface area contributed by atoms with Crippen molar-refractivity contribution in [2.24, 2.45) is 5.92 Å². The van der Waals surface area contributed by atoms with Gasteiger partial charge in [-0.1, -0.05) is 0 Å². The molecule has 0 aromatic carbocycles. The van der Waals surface area contributed by atoms with Crippen LogP contribution in [0.1, 0.15) is 12.8 Å². The number of carboxylic acid groups (broad SMARTS) is 2. The molecule has 1 saturated heterocycles. The molecule has 0 aliphatic carbocycles. The number of likely N-dealkylation sites (tertiary alicyclic amines) is 1. The first-order valence-electron chi connectivity index (χ1n) is 5.21. The van der Waals surface area contributed by atoms with Gasteiger partial charge in [-0.2, -0.15) is 11.8 Å². The molecule has 1 amide bonds. The normalized spacial score (nSPS) is 21.6. The molecular formula is C10H15NO5S. The Labute approximate surface area is 103 Å². The van der Waals surface area contributed by atoms with Gasteiger partial charge in [-0.3, -0.25) is 9.59 Å². The summed E-state index contributed by atoms with van der Waals surface area (Å²) in [7, 11) is 0.